The van der Waals surface area contributed by atoms with Crippen LogP contribution in [0.5, 0.6) is 0 Å². The Morgan fingerprint density at radius 1 is 1.42 bits per heavy atom. The molecule has 0 saturated carbocycles. The number of alkyl halides is 3. The number of esters is 1. The number of rotatable bonds is 5. The second-order valence-corrected chi connectivity index (χ2v) is 4.03. The summed E-state index contributed by atoms with van der Waals surface area (Å²) in [5.74, 6) is -0.429. The van der Waals surface area contributed by atoms with Crippen LogP contribution in [0.15, 0.2) is 24.3 Å². The molecule has 0 saturated heterocycles. The summed E-state index contributed by atoms with van der Waals surface area (Å²) in [4.78, 5) is 11.1. The first-order chi connectivity index (χ1) is 8.84. The number of nitrogens with one attached hydrogen (secondary N) is 1. The fraction of sp³-hybridized carbons (Fsp3) is 0.462. The molecule has 0 amide bonds. The summed E-state index contributed by atoms with van der Waals surface area (Å²) >= 11 is 0. The molecule has 0 aromatic heterocycles. The molecule has 0 heterocycles. The minimum atomic E-state index is -4.36. The molecule has 1 aromatic carbocycles. The Balaban J connectivity index is 2.67. The molecule has 0 aliphatic heterocycles. The van der Waals surface area contributed by atoms with E-state index in [0.717, 1.165) is 12.1 Å². The average Bonchev–Trinajstić information content (AvgIpc) is 2.35. The molecule has 0 aliphatic carbocycles. The molecule has 1 aromatic rings. The van der Waals surface area contributed by atoms with Crippen molar-refractivity contribution < 1.29 is 22.7 Å². The van der Waals surface area contributed by atoms with Crippen LogP contribution in [0.25, 0.3) is 0 Å². The summed E-state index contributed by atoms with van der Waals surface area (Å²) in [5, 5.41) is 2.82. The van der Waals surface area contributed by atoms with E-state index in [4.69, 9.17) is 4.74 Å². The van der Waals surface area contributed by atoms with Crippen LogP contribution in [0.4, 0.5) is 13.2 Å². The second-order valence-electron chi connectivity index (χ2n) is 4.03. The van der Waals surface area contributed by atoms with Crippen molar-refractivity contribution >= 4 is 5.97 Å². The van der Waals surface area contributed by atoms with Crippen molar-refractivity contribution in [2.75, 3.05) is 13.2 Å². The summed E-state index contributed by atoms with van der Waals surface area (Å²) in [6.45, 7) is 3.62. The topological polar surface area (TPSA) is 38.3 Å². The molecule has 19 heavy (non-hydrogen) atoms. The molecule has 106 valence electrons. The standard InChI is InChI=1S/C13H16F3NO2/c1-3-19-12(18)8-17-9(2)10-5-4-6-11(7-10)13(14,15)16/h4-7,9,17H,3,8H2,1-2H3. The first-order valence-electron chi connectivity index (χ1n) is 5.90. The van der Waals surface area contributed by atoms with Crippen LogP contribution in [0.2, 0.25) is 0 Å². The normalized spacial score (nSPS) is 13.1. The van der Waals surface area contributed by atoms with Gasteiger partial charge in [-0.2, -0.15) is 13.2 Å². The lowest BCUT2D eigenvalue weighted by molar-refractivity contribution is -0.142. The van der Waals surface area contributed by atoms with Crippen LogP contribution in [-0.4, -0.2) is 19.1 Å². The maximum absolute atomic E-state index is 12.6. The Morgan fingerprint density at radius 2 is 2.11 bits per heavy atom. The number of carbonyl (C=O) groups excluding carboxylic acids is 1. The molecule has 1 atom stereocenters. The van der Waals surface area contributed by atoms with Crippen molar-refractivity contribution in [3.8, 4) is 0 Å². The first-order valence-corrected chi connectivity index (χ1v) is 5.90. The number of ether oxygens (including phenoxy) is 1. The van der Waals surface area contributed by atoms with Gasteiger partial charge in [-0.05, 0) is 31.5 Å². The third kappa shape index (κ3) is 4.90. The second kappa shape index (κ2) is 6.56. The van der Waals surface area contributed by atoms with Crippen LogP contribution >= 0.6 is 0 Å². The van der Waals surface area contributed by atoms with Gasteiger partial charge < -0.3 is 10.1 Å². The van der Waals surface area contributed by atoms with Gasteiger partial charge in [-0.3, -0.25) is 4.79 Å². The Bertz CT molecular complexity index is 432. The predicted octanol–water partition coefficient (Wildman–Crippen LogP) is 2.92. The van der Waals surface area contributed by atoms with Crippen molar-refractivity contribution in [2.45, 2.75) is 26.1 Å². The third-order valence-electron chi connectivity index (χ3n) is 2.57. The summed E-state index contributed by atoms with van der Waals surface area (Å²) in [7, 11) is 0. The molecular weight excluding hydrogens is 259 g/mol. The van der Waals surface area contributed by atoms with Gasteiger partial charge in [0.05, 0.1) is 18.7 Å². The molecule has 0 bridgehead atoms. The highest BCUT2D eigenvalue weighted by Crippen LogP contribution is 2.30. The van der Waals surface area contributed by atoms with Gasteiger partial charge in [0.15, 0.2) is 0 Å². The van der Waals surface area contributed by atoms with Gasteiger partial charge in [-0.25, -0.2) is 0 Å². The van der Waals surface area contributed by atoms with Crippen molar-refractivity contribution in [1.82, 2.24) is 5.32 Å². The number of carbonyl (C=O) groups is 1. The van der Waals surface area contributed by atoms with Crippen LogP contribution in [0, 0.1) is 0 Å². The van der Waals surface area contributed by atoms with Crippen LogP contribution in [0.1, 0.15) is 31.0 Å². The number of hydrogen-bond acceptors (Lipinski definition) is 3. The summed E-state index contributed by atoms with van der Waals surface area (Å²) in [6.07, 6.45) is -4.36. The van der Waals surface area contributed by atoms with E-state index in [-0.39, 0.29) is 19.2 Å². The van der Waals surface area contributed by atoms with Crippen molar-refractivity contribution in [3.05, 3.63) is 35.4 Å². The molecule has 0 radical (unpaired) electrons. The Labute approximate surface area is 109 Å². The van der Waals surface area contributed by atoms with Crippen LogP contribution in [0.3, 0.4) is 0 Å². The smallest absolute Gasteiger partial charge is 0.416 e. The lowest BCUT2D eigenvalue weighted by atomic mass is 10.0. The van der Waals surface area contributed by atoms with Crippen LogP contribution in [-0.2, 0) is 15.7 Å². The maximum atomic E-state index is 12.6. The lowest BCUT2D eigenvalue weighted by Gasteiger charge is -2.15. The van der Waals surface area contributed by atoms with Crippen molar-refractivity contribution in [2.24, 2.45) is 0 Å². The minimum absolute atomic E-state index is 0.0365. The van der Waals surface area contributed by atoms with Gasteiger partial charge >= 0.3 is 12.1 Å². The van der Waals surface area contributed by atoms with E-state index in [1.165, 1.54) is 6.07 Å². The largest absolute Gasteiger partial charge is 0.465 e. The van der Waals surface area contributed by atoms with E-state index in [9.17, 15) is 18.0 Å². The van der Waals surface area contributed by atoms with Gasteiger partial charge in [-0.15, -0.1) is 0 Å². The van der Waals surface area contributed by atoms with E-state index in [0.29, 0.717) is 5.56 Å². The summed E-state index contributed by atoms with van der Waals surface area (Å²) < 4.78 is 42.4. The van der Waals surface area contributed by atoms with E-state index < -0.39 is 17.7 Å². The SMILES string of the molecule is CCOC(=O)CNC(C)c1cccc(C(F)(F)F)c1. The minimum Gasteiger partial charge on any atom is -0.465 e. The van der Waals surface area contributed by atoms with Crippen molar-refractivity contribution in [3.63, 3.8) is 0 Å². The highest BCUT2D eigenvalue weighted by atomic mass is 19.4. The van der Waals surface area contributed by atoms with Crippen LogP contribution < -0.4 is 5.32 Å². The number of hydrogen-bond donors (Lipinski definition) is 1. The van der Waals surface area contributed by atoms with Gasteiger partial charge in [0.25, 0.3) is 0 Å². The fourth-order valence-electron chi connectivity index (χ4n) is 1.55. The molecule has 0 fully saturated rings. The number of halogens is 3. The zero-order valence-corrected chi connectivity index (χ0v) is 10.8. The van der Waals surface area contributed by atoms with E-state index in [1.54, 1.807) is 19.9 Å². The van der Waals surface area contributed by atoms with Gasteiger partial charge in [-0.1, -0.05) is 12.1 Å². The maximum Gasteiger partial charge on any atom is 0.416 e. The molecule has 0 spiro atoms. The number of benzene rings is 1. The monoisotopic (exact) mass is 275 g/mol. The Morgan fingerprint density at radius 3 is 2.68 bits per heavy atom. The summed E-state index contributed by atoms with van der Waals surface area (Å²) in [5.41, 5.74) is -0.228. The zero-order valence-electron chi connectivity index (χ0n) is 10.8. The first kappa shape index (κ1) is 15.5. The zero-order chi connectivity index (χ0) is 14.5. The molecular formula is C13H16F3NO2. The molecule has 6 heteroatoms. The fourth-order valence-corrected chi connectivity index (χ4v) is 1.55. The highest BCUT2D eigenvalue weighted by molar-refractivity contribution is 5.71. The molecule has 3 nitrogen and oxygen atoms in total. The molecule has 1 N–H and O–H groups in total. The highest BCUT2D eigenvalue weighted by Gasteiger charge is 2.30. The average molecular weight is 275 g/mol. The summed E-state index contributed by atoms with van der Waals surface area (Å²) in [6, 6.07) is 4.65. The quantitative estimate of drug-likeness (QED) is 0.840. The van der Waals surface area contributed by atoms with E-state index in [1.807, 2.05) is 0 Å². The van der Waals surface area contributed by atoms with Crippen molar-refractivity contribution in [1.29, 1.82) is 0 Å². The third-order valence-corrected chi connectivity index (χ3v) is 2.57. The molecule has 0 aliphatic rings. The van der Waals surface area contributed by atoms with Gasteiger partial charge in [0.2, 0.25) is 0 Å². The van der Waals surface area contributed by atoms with Gasteiger partial charge in [0, 0.05) is 6.04 Å². The lowest BCUT2D eigenvalue weighted by Crippen LogP contribution is -2.27. The molecule has 1 unspecified atom stereocenters. The predicted molar refractivity (Wildman–Crippen MR) is 64.5 cm³/mol. The van der Waals surface area contributed by atoms with Gasteiger partial charge in [0.1, 0.15) is 0 Å². The van der Waals surface area contributed by atoms with E-state index in [2.05, 4.69) is 5.32 Å². The Kier molecular flexibility index (Phi) is 5.35. The molecule has 1 rings (SSSR count). The Hall–Kier alpha value is -1.56. The van der Waals surface area contributed by atoms with E-state index >= 15 is 0 Å².